The molecule has 0 radical (unpaired) electrons. The van der Waals surface area contributed by atoms with E-state index in [2.05, 4.69) is 46.1 Å². The van der Waals surface area contributed by atoms with Gasteiger partial charge in [-0.25, -0.2) is 0 Å². The molecule has 1 saturated heterocycles. The summed E-state index contributed by atoms with van der Waals surface area (Å²) in [7, 11) is 0. The molecular formula is C23H30N6O2. The number of ether oxygens (including phenoxy) is 1. The molecule has 0 saturated carbocycles. The molecule has 1 aliphatic rings. The number of rotatable bonds is 9. The Bertz CT molecular complexity index is 1050. The van der Waals surface area contributed by atoms with Crippen LogP contribution < -0.4 is 16.2 Å². The molecule has 0 bridgehead atoms. The fourth-order valence-electron chi connectivity index (χ4n) is 3.99. The zero-order valence-corrected chi connectivity index (χ0v) is 18.0. The van der Waals surface area contributed by atoms with Crippen LogP contribution in [0.25, 0.3) is 11.0 Å². The maximum atomic E-state index is 12.1. The summed E-state index contributed by atoms with van der Waals surface area (Å²) in [5.41, 5.74) is 15.0. The molecule has 0 aliphatic carbocycles. The molecule has 0 unspecified atom stereocenters. The highest BCUT2D eigenvalue weighted by Crippen LogP contribution is 2.26. The third kappa shape index (κ3) is 4.80. The lowest BCUT2D eigenvalue weighted by Gasteiger charge is -2.15. The van der Waals surface area contributed by atoms with E-state index in [1.54, 1.807) is 10.6 Å². The second-order valence-corrected chi connectivity index (χ2v) is 8.11. The Morgan fingerprint density at radius 3 is 2.42 bits per heavy atom. The van der Waals surface area contributed by atoms with Crippen LogP contribution in [0, 0.1) is 0 Å². The van der Waals surface area contributed by atoms with Crippen molar-refractivity contribution in [1.29, 1.82) is 0 Å². The van der Waals surface area contributed by atoms with Crippen LogP contribution >= 0.6 is 0 Å². The molecule has 8 heteroatoms. The van der Waals surface area contributed by atoms with Crippen LogP contribution in [0.15, 0.2) is 30.3 Å². The van der Waals surface area contributed by atoms with Crippen LogP contribution in [0.3, 0.4) is 0 Å². The second-order valence-electron chi connectivity index (χ2n) is 8.11. The van der Waals surface area contributed by atoms with Crippen molar-refractivity contribution in [3.63, 3.8) is 0 Å². The van der Waals surface area contributed by atoms with Crippen molar-refractivity contribution >= 4 is 22.8 Å². The average molecular weight is 423 g/mol. The molecule has 1 aromatic carbocycles. The number of benzene rings is 1. The fraction of sp³-hybridized carbons (Fsp3) is 0.435. The Morgan fingerprint density at radius 2 is 1.77 bits per heavy atom. The highest BCUT2D eigenvalue weighted by molar-refractivity contribution is 5.99. The molecule has 1 fully saturated rings. The lowest BCUT2D eigenvalue weighted by Crippen LogP contribution is -2.18. The van der Waals surface area contributed by atoms with Crippen molar-refractivity contribution in [2.75, 3.05) is 25.4 Å². The summed E-state index contributed by atoms with van der Waals surface area (Å²) in [5, 5.41) is 0.599. The van der Waals surface area contributed by atoms with Gasteiger partial charge in [0.25, 0.3) is 5.91 Å². The van der Waals surface area contributed by atoms with Crippen molar-refractivity contribution in [3.05, 3.63) is 47.2 Å². The summed E-state index contributed by atoms with van der Waals surface area (Å²) in [5.74, 6) is -0.254. The van der Waals surface area contributed by atoms with Crippen molar-refractivity contribution in [3.8, 4) is 6.01 Å². The summed E-state index contributed by atoms with van der Waals surface area (Å²) in [4.78, 5) is 23.3. The predicted octanol–water partition coefficient (Wildman–Crippen LogP) is 2.94. The van der Waals surface area contributed by atoms with Gasteiger partial charge < -0.3 is 20.8 Å². The van der Waals surface area contributed by atoms with Crippen LogP contribution in [0.1, 0.15) is 54.2 Å². The van der Waals surface area contributed by atoms with Crippen molar-refractivity contribution in [1.82, 2.24) is 19.4 Å². The number of anilines is 1. The van der Waals surface area contributed by atoms with Gasteiger partial charge in [0, 0.05) is 13.1 Å². The molecule has 0 atom stereocenters. The minimum atomic E-state index is -0.531. The lowest BCUT2D eigenvalue weighted by atomic mass is 10.1. The molecule has 4 N–H and O–H groups in total. The number of unbranched alkanes of at least 4 members (excludes halogenated alkanes) is 1. The molecule has 31 heavy (non-hydrogen) atoms. The fourth-order valence-corrected chi connectivity index (χ4v) is 3.99. The summed E-state index contributed by atoms with van der Waals surface area (Å²) in [6, 6.07) is 10.3. The number of fused-ring (bicyclic) bond motifs is 1. The number of carbonyl (C=O) groups excluding carboxylic acids is 1. The van der Waals surface area contributed by atoms with Gasteiger partial charge in [0.05, 0.1) is 12.0 Å². The van der Waals surface area contributed by atoms with E-state index in [1.807, 2.05) is 0 Å². The van der Waals surface area contributed by atoms with Crippen LogP contribution in [-0.2, 0) is 13.1 Å². The molecule has 8 nitrogen and oxygen atoms in total. The molecule has 0 spiro atoms. The average Bonchev–Trinajstić information content (AvgIpc) is 3.38. The molecule has 4 rings (SSSR count). The van der Waals surface area contributed by atoms with Gasteiger partial charge in [0.2, 0.25) is 0 Å². The van der Waals surface area contributed by atoms with Gasteiger partial charge in [-0.15, -0.1) is 0 Å². The first kappa shape index (κ1) is 21.1. The Morgan fingerprint density at radius 1 is 1.10 bits per heavy atom. The number of nitrogens with two attached hydrogens (primary N) is 2. The SMILES string of the molecule is CCCCOc1nc(N)c2cc(C(N)=O)n(Cc3ccc(CN4CCCC4)cc3)c2n1. The first-order chi connectivity index (χ1) is 15.0. The van der Waals surface area contributed by atoms with E-state index in [0.29, 0.717) is 29.9 Å². The highest BCUT2D eigenvalue weighted by Gasteiger charge is 2.19. The van der Waals surface area contributed by atoms with E-state index in [-0.39, 0.29) is 11.8 Å². The number of nitrogens with zero attached hydrogens (tertiary/aromatic N) is 4. The number of hydrogen-bond donors (Lipinski definition) is 2. The third-order valence-electron chi connectivity index (χ3n) is 5.71. The summed E-state index contributed by atoms with van der Waals surface area (Å²) < 4.78 is 7.44. The van der Waals surface area contributed by atoms with Crippen molar-refractivity contribution < 1.29 is 9.53 Å². The van der Waals surface area contributed by atoms with E-state index in [4.69, 9.17) is 16.2 Å². The van der Waals surface area contributed by atoms with Gasteiger partial charge in [-0.3, -0.25) is 9.69 Å². The number of amides is 1. The Kier molecular flexibility index (Phi) is 6.36. The summed E-state index contributed by atoms with van der Waals surface area (Å²) >= 11 is 0. The Hall–Kier alpha value is -3.13. The Balaban J connectivity index is 1.61. The molecule has 1 aliphatic heterocycles. The number of primary amides is 1. The second kappa shape index (κ2) is 9.34. The standard InChI is InChI=1S/C23H30N6O2/c1-2-3-12-31-23-26-20(24)18-13-19(21(25)30)29(22(18)27-23)15-17-8-6-16(7-9-17)14-28-10-4-5-11-28/h6-9,13H,2-5,10-12,14-15H2,1H3,(H2,25,30)(H2,24,26,27). The zero-order chi connectivity index (χ0) is 21.8. The van der Waals surface area contributed by atoms with Gasteiger partial charge >= 0.3 is 6.01 Å². The lowest BCUT2D eigenvalue weighted by molar-refractivity contribution is 0.0992. The van der Waals surface area contributed by atoms with Crippen LogP contribution in [0.2, 0.25) is 0 Å². The quantitative estimate of drug-likeness (QED) is 0.513. The molecule has 3 aromatic rings. The number of carbonyl (C=O) groups is 1. The normalized spacial score (nSPS) is 14.4. The van der Waals surface area contributed by atoms with Crippen molar-refractivity contribution in [2.45, 2.75) is 45.7 Å². The summed E-state index contributed by atoms with van der Waals surface area (Å²) in [6.45, 7) is 6.37. The van der Waals surface area contributed by atoms with Crippen LogP contribution in [0.5, 0.6) is 6.01 Å². The predicted molar refractivity (Wildman–Crippen MR) is 121 cm³/mol. The molecule has 1 amide bonds. The smallest absolute Gasteiger partial charge is 0.320 e. The van der Waals surface area contributed by atoms with Gasteiger partial charge in [0.15, 0.2) is 0 Å². The summed E-state index contributed by atoms with van der Waals surface area (Å²) in [6.07, 6.45) is 4.47. The molecule has 2 aromatic heterocycles. The Labute approximate surface area is 182 Å². The first-order valence-electron chi connectivity index (χ1n) is 10.9. The number of likely N-dealkylation sites (tertiary alicyclic amines) is 1. The van der Waals surface area contributed by atoms with E-state index >= 15 is 0 Å². The largest absolute Gasteiger partial charge is 0.463 e. The maximum Gasteiger partial charge on any atom is 0.320 e. The van der Waals surface area contributed by atoms with Crippen LogP contribution in [-0.4, -0.2) is 45.0 Å². The van der Waals surface area contributed by atoms with Crippen LogP contribution in [0.4, 0.5) is 5.82 Å². The van der Waals surface area contributed by atoms with E-state index in [9.17, 15) is 4.79 Å². The highest BCUT2D eigenvalue weighted by atomic mass is 16.5. The van der Waals surface area contributed by atoms with Gasteiger partial charge in [0.1, 0.15) is 17.2 Å². The monoisotopic (exact) mass is 422 g/mol. The van der Waals surface area contributed by atoms with E-state index in [1.165, 1.54) is 31.5 Å². The van der Waals surface area contributed by atoms with Gasteiger partial charge in [-0.1, -0.05) is 37.6 Å². The van der Waals surface area contributed by atoms with Gasteiger partial charge in [-0.05, 0) is 49.5 Å². The number of hydrogen-bond acceptors (Lipinski definition) is 6. The molecule has 164 valence electrons. The maximum absolute atomic E-state index is 12.1. The molecule has 3 heterocycles. The van der Waals surface area contributed by atoms with Gasteiger partial charge in [-0.2, -0.15) is 9.97 Å². The third-order valence-corrected chi connectivity index (χ3v) is 5.71. The zero-order valence-electron chi connectivity index (χ0n) is 18.0. The molecular weight excluding hydrogens is 392 g/mol. The van der Waals surface area contributed by atoms with Crippen molar-refractivity contribution in [2.24, 2.45) is 5.73 Å². The minimum Gasteiger partial charge on any atom is -0.463 e. The topological polar surface area (TPSA) is 112 Å². The number of aromatic nitrogens is 3. The van der Waals surface area contributed by atoms with E-state index < -0.39 is 5.91 Å². The van der Waals surface area contributed by atoms with E-state index in [0.717, 1.165) is 24.9 Å². The number of nitrogen functional groups attached to an aromatic ring is 1. The first-order valence-corrected chi connectivity index (χ1v) is 10.9. The minimum absolute atomic E-state index is 0.217.